The molecule has 1 heterocycles. The second kappa shape index (κ2) is 12.7. The predicted octanol–water partition coefficient (Wildman–Crippen LogP) is 8.41. The third kappa shape index (κ3) is 6.26. The average Bonchev–Trinajstić information content (AvgIpc) is 3.25. The van der Waals surface area contributed by atoms with Crippen molar-refractivity contribution in [1.82, 2.24) is 0 Å². The van der Waals surface area contributed by atoms with Gasteiger partial charge < -0.3 is 9.64 Å². The fraction of sp³-hybridized carbons (Fsp3) is 0.353. The lowest BCUT2D eigenvalue weighted by atomic mass is 9.84. The van der Waals surface area contributed by atoms with E-state index in [0.717, 1.165) is 35.7 Å². The molecule has 0 atom stereocenters. The highest BCUT2D eigenvalue weighted by Gasteiger charge is 2.30. The molecule has 0 spiro atoms. The van der Waals surface area contributed by atoms with Gasteiger partial charge in [0.2, 0.25) is 0 Å². The van der Waals surface area contributed by atoms with Crippen LogP contribution in [0, 0.1) is 6.92 Å². The topological polar surface area (TPSA) is 45.1 Å². The summed E-state index contributed by atoms with van der Waals surface area (Å²) in [5, 5.41) is 6.36. The zero-order valence-electron chi connectivity index (χ0n) is 23.7. The predicted molar refractivity (Wildman–Crippen MR) is 167 cm³/mol. The van der Waals surface area contributed by atoms with Gasteiger partial charge in [0.1, 0.15) is 12.4 Å². The second-order valence-corrected chi connectivity index (χ2v) is 11.1. The molecule has 1 aliphatic heterocycles. The van der Waals surface area contributed by atoms with Gasteiger partial charge in [-0.25, -0.2) is 0 Å². The van der Waals surface area contributed by atoms with Crippen LogP contribution in [0.2, 0.25) is 5.02 Å². The van der Waals surface area contributed by atoms with E-state index >= 15 is 0 Å². The molecule has 0 saturated heterocycles. The molecule has 0 aromatic heterocycles. The lowest BCUT2D eigenvalue weighted by molar-refractivity contribution is -0.114. The van der Waals surface area contributed by atoms with Crippen molar-refractivity contribution in [2.75, 3.05) is 29.6 Å². The number of carbonyl (C=O) groups excluding carboxylic acids is 1. The van der Waals surface area contributed by atoms with Crippen LogP contribution in [-0.4, -0.2) is 31.3 Å². The zero-order chi connectivity index (χ0) is 28.1. The Bertz CT molecular complexity index is 1410. The Morgan fingerprint density at radius 3 is 2.48 bits per heavy atom. The van der Waals surface area contributed by atoms with Crippen LogP contribution in [0.5, 0.6) is 5.75 Å². The first kappa shape index (κ1) is 28.0. The number of hydrazone groups is 1. The van der Waals surface area contributed by atoms with Gasteiger partial charge in [0.15, 0.2) is 0 Å². The second-order valence-electron chi connectivity index (χ2n) is 10.7. The van der Waals surface area contributed by atoms with Crippen LogP contribution in [-0.2, 0) is 4.79 Å². The maximum absolute atomic E-state index is 13.2. The minimum absolute atomic E-state index is 0.173. The Morgan fingerprint density at radius 1 is 1.02 bits per heavy atom. The number of benzene rings is 3. The minimum atomic E-state index is -0.173. The molecule has 1 aliphatic carbocycles. The van der Waals surface area contributed by atoms with E-state index in [4.69, 9.17) is 16.3 Å². The summed E-state index contributed by atoms with van der Waals surface area (Å²) in [4.78, 5) is 15.5. The van der Waals surface area contributed by atoms with Crippen LogP contribution in [0.25, 0.3) is 6.08 Å². The molecule has 0 bridgehead atoms. The Hall–Kier alpha value is -3.57. The molecule has 2 aliphatic rings. The van der Waals surface area contributed by atoms with E-state index in [0.29, 0.717) is 34.5 Å². The number of amides is 1. The quantitative estimate of drug-likeness (QED) is 0.249. The summed E-state index contributed by atoms with van der Waals surface area (Å²) in [6, 6.07) is 22.3. The molecule has 3 aromatic carbocycles. The number of anilines is 2. The first-order chi connectivity index (χ1) is 19.4. The molecular formula is C34H38ClN3O2. The summed E-state index contributed by atoms with van der Waals surface area (Å²) in [5.74, 6) is 1.47. The van der Waals surface area contributed by atoms with Crippen LogP contribution in [0.4, 0.5) is 11.4 Å². The molecule has 5 rings (SSSR count). The van der Waals surface area contributed by atoms with Gasteiger partial charge in [-0.3, -0.25) is 4.79 Å². The molecule has 1 fully saturated rings. The van der Waals surface area contributed by atoms with E-state index in [9.17, 15) is 4.79 Å². The normalized spacial score (nSPS) is 16.9. The van der Waals surface area contributed by atoms with E-state index < -0.39 is 0 Å². The van der Waals surface area contributed by atoms with Gasteiger partial charge >= 0.3 is 0 Å². The number of hydrogen-bond donors (Lipinski definition) is 0. The van der Waals surface area contributed by atoms with Crippen molar-refractivity contribution in [3.05, 3.63) is 94.0 Å². The Labute approximate surface area is 243 Å². The van der Waals surface area contributed by atoms with Crippen LogP contribution >= 0.6 is 11.6 Å². The van der Waals surface area contributed by atoms with Gasteiger partial charge in [0, 0.05) is 12.2 Å². The third-order valence-corrected chi connectivity index (χ3v) is 8.35. The molecule has 6 heteroatoms. The molecule has 0 radical (unpaired) electrons. The van der Waals surface area contributed by atoms with Crippen molar-refractivity contribution in [3.8, 4) is 5.75 Å². The number of para-hydroxylation sites is 1. The van der Waals surface area contributed by atoms with E-state index in [1.165, 1.54) is 42.7 Å². The van der Waals surface area contributed by atoms with E-state index in [-0.39, 0.29) is 5.91 Å². The van der Waals surface area contributed by atoms with Crippen molar-refractivity contribution in [3.63, 3.8) is 0 Å². The summed E-state index contributed by atoms with van der Waals surface area (Å²) in [6.45, 7) is 8.37. The fourth-order valence-electron chi connectivity index (χ4n) is 5.66. The standard InChI is InChI=1S/C34H38ClN3O2/c1-4-37(20-21-40-30-18-15-27(16-19-30)26-10-6-5-7-11-26)29-17-14-28(24(2)22-29)23-31-25(3)36-38(34(31)39)33-13-9-8-12-32(33)35/h8-9,12-19,22-23,26H,4-7,10-11,20-21H2,1-3H3/b31-23+. The Morgan fingerprint density at radius 2 is 1.77 bits per heavy atom. The van der Waals surface area contributed by atoms with Gasteiger partial charge in [-0.05, 0) is 98.7 Å². The summed E-state index contributed by atoms with van der Waals surface area (Å²) in [5.41, 5.74) is 6.51. The first-order valence-electron chi connectivity index (χ1n) is 14.4. The minimum Gasteiger partial charge on any atom is -0.492 e. The largest absolute Gasteiger partial charge is 0.492 e. The van der Waals surface area contributed by atoms with Crippen molar-refractivity contribution in [1.29, 1.82) is 0 Å². The monoisotopic (exact) mass is 555 g/mol. The van der Waals surface area contributed by atoms with Gasteiger partial charge in [0.25, 0.3) is 5.91 Å². The summed E-state index contributed by atoms with van der Waals surface area (Å²) < 4.78 is 6.11. The molecule has 3 aromatic rings. The Balaban J connectivity index is 1.21. The molecule has 208 valence electrons. The number of aryl methyl sites for hydroxylation is 1. The molecule has 0 unspecified atom stereocenters. The molecule has 1 amide bonds. The number of ether oxygens (including phenoxy) is 1. The fourth-order valence-corrected chi connectivity index (χ4v) is 5.88. The molecule has 5 nitrogen and oxygen atoms in total. The van der Waals surface area contributed by atoms with Crippen molar-refractivity contribution < 1.29 is 9.53 Å². The number of rotatable bonds is 9. The molecular weight excluding hydrogens is 518 g/mol. The highest BCUT2D eigenvalue weighted by Crippen LogP contribution is 2.34. The maximum Gasteiger partial charge on any atom is 0.280 e. The van der Waals surface area contributed by atoms with E-state index in [1.54, 1.807) is 12.1 Å². The lowest BCUT2D eigenvalue weighted by Gasteiger charge is -2.24. The summed E-state index contributed by atoms with van der Waals surface area (Å²) in [7, 11) is 0. The molecule has 0 N–H and O–H groups in total. The van der Waals surface area contributed by atoms with Crippen LogP contribution in [0.3, 0.4) is 0 Å². The van der Waals surface area contributed by atoms with Gasteiger partial charge in [-0.15, -0.1) is 0 Å². The van der Waals surface area contributed by atoms with Crippen LogP contribution in [0.1, 0.15) is 68.6 Å². The number of hydrogen-bond acceptors (Lipinski definition) is 4. The average molecular weight is 556 g/mol. The summed E-state index contributed by atoms with van der Waals surface area (Å²) in [6.07, 6.45) is 8.62. The highest BCUT2D eigenvalue weighted by molar-refractivity contribution is 6.37. The molecule has 1 saturated carbocycles. The SMILES string of the molecule is CCN(CCOc1ccc(C2CCCCC2)cc1)c1ccc(/C=C2/C(=O)N(c3ccccc3Cl)N=C2C)c(C)c1. The number of halogens is 1. The van der Waals surface area contributed by atoms with E-state index in [2.05, 4.69) is 66.3 Å². The van der Waals surface area contributed by atoms with Crippen molar-refractivity contribution in [2.45, 2.75) is 58.8 Å². The smallest absolute Gasteiger partial charge is 0.280 e. The lowest BCUT2D eigenvalue weighted by Crippen LogP contribution is -2.28. The highest BCUT2D eigenvalue weighted by atomic mass is 35.5. The number of likely N-dealkylation sites (N-methyl/N-ethyl adjacent to an activating group) is 1. The van der Waals surface area contributed by atoms with Crippen molar-refractivity contribution >= 4 is 40.7 Å². The van der Waals surface area contributed by atoms with Gasteiger partial charge in [-0.1, -0.05) is 61.2 Å². The number of carbonyl (C=O) groups is 1. The van der Waals surface area contributed by atoms with Crippen LogP contribution in [0.15, 0.2) is 77.4 Å². The van der Waals surface area contributed by atoms with Gasteiger partial charge in [-0.2, -0.15) is 10.1 Å². The van der Waals surface area contributed by atoms with E-state index in [1.807, 2.05) is 25.1 Å². The van der Waals surface area contributed by atoms with Crippen LogP contribution < -0.4 is 14.6 Å². The van der Waals surface area contributed by atoms with Gasteiger partial charge in [0.05, 0.1) is 28.5 Å². The van der Waals surface area contributed by atoms with Crippen molar-refractivity contribution in [2.24, 2.45) is 5.10 Å². The zero-order valence-corrected chi connectivity index (χ0v) is 24.5. The first-order valence-corrected chi connectivity index (χ1v) is 14.8. The summed E-state index contributed by atoms with van der Waals surface area (Å²) >= 11 is 6.32. The maximum atomic E-state index is 13.2. The number of nitrogens with zero attached hydrogens (tertiary/aromatic N) is 3. The molecule has 40 heavy (non-hydrogen) atoms. The Kier molecular flexibility index (Phi) is 8.91. The third-order valence-electron chi connectivity index (χ3n) is 8.03.